The highest BCUT2D eigenvalue weighted by Gasteiger charge is 2.45. The van der Waals surface area contributed by atoms with E-state index < -0.39 is 294 Å². The number of aliphatic hydroxyl groups excluding tert-OH is 18. The molecule has 1 rings (SSSR count). The van der Waals surface area contributed by atoms with Crippen LogP contribution in [0.4, 0.5) is 0 Å². The van der Waals surface area contributed by atoms with Crippen LogP contribution in [0.25, 0.3) is 0 Å². The van der Waals surface area contributed by atoms with E-state index in [-0.39, 0.29) is 131 Å². The zero-order valence-corrected chi connectivity index (χ0v) is 65.6. The maximum Gasteiger partial charge on any atom is 0.320 e. The van der Waals surface area contributed by atoms with Crippen molar-refractivity contribution in [2.45, 2.75) is 122 Å². The van der Waals surface area contributed by atoms with Crippen LogP contribution >= 0.6 is 0 Å². The molecule has 0 radical (unpaired) electrons. The number of amides is 8. The molecule has 116 heavy (non-hydrogen) atoms. The minimum absolute atomic E-state index is 0.0445. The standard InChI is InChI=1S/C68H126N14O34/c1-62(82(46-115-48-101)47-116-49-102)26-80(50(60(111)112)2-4-52(103)69-12-19-76(13-6-53(104)70-63(28-83,29-84)30-85)14-7-54(105)71-64(31-86,32-87)33-88)24-25-81(27-62)51(61(113)114)3-5-59(110)79(22-20-77(15-8-55(106)72-65(34-89,35-90)36-91)16-9-56(107)73-66(37-92,38-93)39-94)23-21-78(17-10-57(108)74-67(40-95,41-96)42-97)18-11-58(109)75-68(43-98,44-99)45-100/h48-51,83-100H,2-47H2,1H3,(H,69,103)(H,70,104)(H,71,105)(H,72,106)(H,73,107)(H,74,108)(H,75,109)(H,111,112)(H,113,114). The first-order valence-electron chi connectivity index (χ1n) is 37.4. The van der Waals surface area contributed by atoms with E-state index in [0.29, 0.717) is 0 Å². The lowest BCUT2D eigenvalue weighted by Gasteiger charge is -2.44. The summed E-state index contributed by atoms with van der Waals surface area (Å²) in [5.74, 6) is -9.41. The van der Waals surface area contributed by atoms with E-state index >= 15 is 4.79 Å². The Morgan fingerprint density at radius 3 is 0.828 bits per heavy atom. The lowest BCUT2D eigenvalue weighted by Crippen LogP contribution is -2.61. The Balaban J connectivity index is 4.06. The minimum atomic E-state index is -1.89. The number of hydrogen-bond acceptors (Lipinski definition) is 38. The number of carboxylic acid groups (broad SMARTS) is 2. The van der Waals surface area contributed by atoms with E-state index in [1.807, 2.05) is 0 Å². The molecule has 0 aromatic carbocycles. The molecule has 1 aliphatic rings. The van der Waals surface area contributed by atoms with Crippen molar-refractivity contribution >= 4 is 72.1 Å². The van der Waals surface area contributed by atoms with Gasteiger partial charge < -0.3 is 168 Å². The van der Waals surface area contributed by atoms with Crippen molar-refractivity contribution in [1.29, 1.82) is 0 Å². The number of aliphatic hydroxyl groups is 18. The summed E-state index contributed by atoms with van der Waals surface area (Å²) in [4.78, 5) is 169. The lowest BCUT2D eigenvalue weighted by molar-refractivity contribution is -0.153. The van der Waals surface area contributed by atoms with E-state index in [0.717, 1.165) is 0 Å². The van der Waals surface area contributed by atoms with Crippen LogP contribution in [-0.2, 0) is 67.0 Å². The van der Waals surface area contributed by atoms with Gasteiger partial charge >= 0.3 is 11.9 Å². The van der Waals surface area contributed by atoms with E-state index in [2.05, 4.69) is 37.2 Å². The average molecular weight is 1680 g/mol. The van der Waals surface area contributed by atoms with Crippen molar-refractivity contribution in [2.24, 2.45) is 0 Å². The van der Waals surface area contributed by atoms with Gasteiger partial charge in [0.05, 0.1) is 119 Å². The Morgan fingerprint density at radius 1 is 0.353 bits per heavy atom. The summed E-state index contributed by atoms with van der Waals surface area (Å²) >= 11 is 0. The predicted octanol–water partition coefficient (Wildman–Crippen LogP) is -16.4. The number of hydrogen-bond donors (Lipinski definition) is 27. The fraction of sp³-hybridized carbons (Fsp3) is 0.824. The van der Waals surface area contributed by atoms with Gasteiger partial charge in [-0.2, -0.15) is 0 Å². The molecule has 0 spiro atoms. The maximum atomic E-state index is 15.1. The molecular weight excluding hydrogens is 1560 g/mol. The van der Waals surface area contributed by atoms with Crippen molar-refractivity contribution in [3.63, 3.8) is 0 Å². The molecule has 0 aliphatic carbocycles. The first-order valence-corrected chi connectivity index (χ1v) is 37.4. The SMILES string of the molecule is CC1(N(COC=O)COC=O)CN(C(CCC(=O)NCCN(CCC(=O)NC(CO)(CO)CO)CCC(=O)NC(CO)(CO)CO)C(=O)O)CCN(C(CCC(=O)N(CCN(CCC(=O)NC(CO)(CO)CO)CCC(=O)NC(CO)(CO)CO)CCN(CCC(=O)NC(CO)(CO)CO)CCC(=O)NC(CO)(CO)CO)C(=O)O)C1. The van der Waals surface area contributed by atoms with Crippen LogP contribution in [0.1, 0.15) is 71.1 Å². The number of aliphatic carboxylic acids is 2. The molecule has 0 aromatic rings. The van der Waals surface area contributed by atoms with Gasteiger partial charge in [0.2, 0.25) is 47.3 Å². The van der Waals surface area contributed by atoms with Gasteiger partial charge in [0.15, 0.2) is 0 Å². The fourth-order valence-electron chi connectivity index (χ4n) is 11.9. The second-order valence-corrected chi connectivity index (χ2v) is 29.1. The third-order valence-electron chi connectivity index (χ3n) is 20.1. The Hall–Kier alpha value is -7.32. The highest BCUT2D eigenvalue weighted by molar-refractivity contribution is 5.81. The molecule has 0 bridgehead atoms. The molecule has 0 saturated carbocycles. The quantitative estimate of drug-likeness (QED) is 0.0199. The summed E-state index contributed by atoms with van der Waals surface area (Å²) in [7, 11) is 0. The van der Waals surface area contributed by atoms with E-state index in [1.165, 1.54) is 41.2 Å². The number of nitrogens with one attached hydrogen (secondary N) is 7. The van der Waals surface area contributed by atoms with Crippen LogP contribution in [-0.4, -0.2) is 497 Å². The highest BCUT2D eigenvalue weighted by Crippen LogP contribution is 2.28. The second kappa shape index (κ2) is 55.4. The van der Waals surface area contributed by atoms with Crippen LogP contribution in [0.3, 0.4) is 0 Å². The van der Waals surface area contributed by atoms with Gasteiger partial charge in [-0.3, -0.25) is 67.3 Å². The molecule has 1 saturated heterocycles. The second-order valence-electron chi connectivity index (χ2n) is 29.1. The molecule has 27 N–H and O–H groups in total. The van der Waals surface area contributed by atoms with Gasteiger partial charge in [0.25, 0.3) is 12.9 Å². The summed E-state index contributed by atoms with van der Waals surface area (Å²) in [6, 6.07) is -3.24. The zero-order valence-electron chi connectivity index (χ0n) is 65.6. The monoisotopic (exact) mass is 1680 g/mol. The van der Waals surface area contributed by atoms with Gasteiger partial charge in [0.1, 0.15) is 58.8 Å². The Morgan fingerprint density at radius 2 is 0.595 bits per heavy atom. The maximum absolute atomic E-state index is 15.1. The summed E-state index contributed by atoms with van der Waals surface area (Å²) in [6.07, 6.45) is -4.75. The van der Waals surface area contributed by atoms with Crippen LogP contribution in [0, 0.1) is 0 Å². The highest BCUT2D eigenvalue weighted by atomic mass is 16.6. The largest absolute Gasteiger partial charge is 0.480 e. The topological polar surface area (TPSA) is 735 Å². The van der Waals surface area contributed by atoms with Crippen LogP contribution < -0.4 is 37.2 Å². The molecular formula is C68H126N14O34. The predicted molar refractivity (Wildman–Crippen MR) is 398 cm³/mol. The van der Waals surface area contributed by atoms with Crippen LogP contribution in [0.2, 0.25) is 0 Å². The average Bonchev–Trinajstić information content (AvgIpc) is 1.60. The molecule has 1 heterocycles. The Labute approximate surface area is 669 Å². The smallest absolute Gasteiger partial charge is 0.320 e. The first kappa shape index (κ1) is 107. The van der Waals surface area contributed by atoms with Gasteiger partial charge in [-0.05, 0) is 19.8 Å². The zero-order chi connectivity index (χ0) is 87.8. The number of nitrogens with zero attached hydrogens (tertiary/aromatic N) is 7. The third-order valence-corrected chi connectivity index (χ3v) is 20.1. The van der Waals surface area contributed by atoms with Gasteiger partial charge in [-0.1, -0.05) is 0 Å². The van der Waals surface area contributed by atoms with Crippen molar-refractivity contribution in [3.05, 3.63) is 0 Å². The number of carboxylic acids is 2. The number of carbonyl (C=O) groups is 12. The normalized spacial score (nSPS) is 15.3. The summed E-state index contributed by atoms with van der Waals surface area (Å²) in [5.41, 5.74) is -12.7. The molecule has 672 valence electrons. The van der Waals surface area contributed by atoms with E-state index in [9.17, 15) is 155 Å². The first-order chi connectivity index (χ1) is 55.1. The van der Waals surface area contributed by atoms with Crippen molar-refractivity contribution in [2.75, 3.05) is 237 Å². The summed E-state index contributed by atoms with van der Waals surface area (Å²) in [6.45, 7) is -20.1. The Kier molecular flexibility index (Phi) is 51.0. The third kappa shape index (κ3) is 36.1. The van der Waals surface area contributed by atoms with Gasteiger partial charge in [-0.15, -0.1) is 0 Å². The van der Waals surface area contributed by atoms with E-state index in [1.54, 1.807) is 0 Å². The number of carbonyl (C=O) groups excluding carboxylic acids is 10. The molecule has 8 amide bonds. The van der Waals surface area contributed by atoms with Crippen molar-refractivity contribution in [3.8, 4) is 0 Å². The van der Waals surface area contributed by atoms with Gasteiger partial charge in [-0.25, -0.2) is 4.90 Å². The minimum Gasteiger partial charge on any atom is -0.480 e. The Bertz CT molecular complexity index is 2690. The van der Waals surface area contributed by atoms with Crippen LogP contribution in [0.5, 0.6) is 0 Å². The molecule has 1 fully saturated rings. The van der Waals surface area contributed by atoms with E-state index in [4.69, 9.17) is 9.47 Å². The molecule has 48 nitrogen and oxygen atoms in total. The summed E-state index contributed by atoms with van der Waals surface area (Å²) < 4.78 is 10.2. The van der Waals surface area contributed by atoms with Crippen LogP contribution in [0.15, 0.2) is 0 Å². The lowest BCUT2D eigenvalue weighted by atomic mass is 9.96. The van der Waals surface area contributed by atoms with Crippen molar-refractivity contribution in [1.82, 2.24) is 71.5 Å². The van der Waals surface area contributed by atoms with Gasteiger partial charge in [0, 0.05) is 162 Å². The molecule has 48 heteroatoms. The number of rotatable bonds is 68. The molecule has 0 aromatic heterocycles. The summed E-state index contributed by atoms with van der Waals surface area (Å²) in [5, 5.41) is 217. The molecule has 1 aliphatic heterocycles. The fourth-order valence-corrected chi connectivity index (χ4v) is 11.9. The molecule has 3 unspecified atom stereocenters. The number of ether oxygens (including phenoxy) is 2. The molecule has 3 atom stereocenters. The van der Waals surface area contributed by atoms with Crippen molar-refractivity contribution < 1.29 is 169 Å².